The first-order chi connectivity index (χ1) is 20.1. The molecule has 1 aliphatic rings. The Kier molecular flexibility index (Phi) is 10.7. The van der Waals surface area contributed by atoms with Crippen LogP contribution in [0.15, 0.2) is 66.7 Å². The second-order valence-corrected chi connectivity index (χ2v) is 11.9. The van der Waals surface area contributed by atoms with Crippen molar-refractivity contribution in [2.24, 2.45) is 5.92 Å². The van der Waals surface area contributed by atoms with Crippen molar-refractivity contribution >= 4 is 23.6 Å². The first-order valence-electron chi connectivity index (χ1n) is 14.7. The smallest absolute Gasteiger partial charge is 0.404 e. The van der Waals surface area contributed by atoms with Gasteiger partial charge >= 0.3 is 6.09 Å². The van der Waals surface area contributed by atoms with Crippen molar-refractivity contribution in [2.45, 2.75) is 51.2 Å². The fourth-order valence-corrected chi connectivity index (χ4v) is 6.37. The van der Waals surface area contributed by atoms with Crippen LogP contribution >= 0.6 is 11.6 Å². The Hall–Kier alpha value is -3.39. The predicted octanol–water partition coefficient (Wildman–Crippen LogP) is 6.42. The number of rotatable bonds is 11. The van der Waals surface area contributed by atoms with E-state index in [0.29, 0.717) is 42.1 Å². The fourth-order valence-electron chi connectivity index (χ4n) is 6.09. The monoisotopic (exact) mass is 591 g/mol. The molecule has 3 N–H and O–H groups in total. The van der Waals surface area contributed by atoms with Crippen molar-refractivity contribution in [3.63, 3.8) is 0 Å². The molecule has 0 spiro atoms. The molecule has 1 aliphatic heterocycles. The molecule has 1 heterocycles. The zero-order valence-electron chi connectivity index (χ0n) is 24.8. The van der Waals surface area contributed by atoms with Gasteiger partial charge in [0.25, 0.3) is 5.91 Å². The third kappa shape index (κ3) is 7.51. The van der Waals surface area contributed by atoms with Gasteiger partial charge in [0, 0.05) is 48.2 Å². The zero-order valence-corrected chi connectivity index (χ0v) is 25.5. The number of carboxylic acid groups (broad SMARTS) is 1. The van der Waals surface area contributed by atoms with Gasteiger partial charge in [0.05, 0.1) is 5.60 Å². The number of aryl methyl sites for hydroxylation is 1. The Balaban J connectivity index is 1.68. The third-order valence-corrected chi connectivity index (χ3v) is 8.51. The van der Waals surface area contributed by atoms with E-state index in [-0.39, 0.29) is 18.4 Å². The van der Waals surface area contributed by atoms with E-state index in [4.69, 9.17) is 16.7 Å². The molecular weight excluding hydrogens is 550 g/mol. The fraction of sp³-hybridized carbons (Fsp3) is 0.412. The van der Waals surface area contributed by atoms with E-state index < -0.39 is 11.7 Å². The van der Waals surface area contributed by atoms with Crippen LogP contribution in [0.1, 0.15) is 59.7 Å². The molecule has 2 atom stereocenters. The van der Waals surface area contributed by atoms with Crippen molar-refractivity contribution in [1.82, 2.24) is 15.1 Å². The van der Waals surface area contributed by atoms with Crippen LogP contribution in [0.25, 0.3) is 11.1 Å². The first-order valence-corrected chi connectivity index (χ1v) is 15.1. The van der Waals surface area contributed by atoms with E-state index in [1.165, 1.54) is 5.56 Å². The number of hydrogen-bond acceptors (Lipinski definition) is 4. The highest BCUT2D eigenvalue weighted by molar-refractivity contribution is 6.33. The second kappa shape index (κ2) is 14.2. The molecule has 2 unspecified atom stereocenters. The summed E-state index contributed by atoms with van der Waals surface area (Å²) in [5.41, 5.74) is 4.02. The summed E-state index contributed by atoms with van der Waals surface area (Å²) in [7, 11) is 4.02. The van der Waals surface area contributed by atoms with E-state index in [1.54, 1.807) is 0 Å². The van der Waals surface area contributed by atoms with Crippen molar-refractivity contribution in [3.8, 4) is 11.1 Å². The number of carbonyl (C=O) groups is 2. The SMILES string of the molecule is CCc1cccc(-c2c(Cl)cccc2C(O)(CCCNC(=O)O)C2CCCN(C(=O)c3ccc(CN(C)C)cc3)C2)c1. The molecule has 0 aromatic heterocycles. The molecule has 4 rings (SSSR count). The van der Waals surface area contributed by atoms with Crippen LogP contribution in [0, 0.1) is 5.92 Å². The summed E-state index contributed by atoms with van der Waals surface area (Å²) in [6.45, 7) is 4.12. The van der Waals surface area contributed by atoms with Crippen molar-refractivity contribution in [3.05, 3.63) is 94.0 Å². The number of piperidine rings is 1. The normalized spacial score (nSPS) is 16.7. The lowest BCUT2D eigenvalue weighted by Gasteiger charge is -2.44. The minimum atomic E-state index is -1.34. The van der Waals surface area contributed by atoms with Gasteiger partial charge in [-0.2, -0.15) is 0 Å². The highest BCUT2D eigenvalue weighted by Gasteiger charge is 2.43. The number of halogens is 1. The Morgan fingerprint density at radius 2 is 1.81 bits per heavy atom. The number of nitrogens with zero attached hydrogens (tertiary/aromatic N) is 2. The van der Waals surface area contributed by atoms with Crippen LogP contribution in [0.2, 0.25) is 5.02 Å². The largest absolute Gasteiger partial charge is 0.465 e. The molecule has 42 heavy (non-hydrogen) atoms. The lowest BCUT2D eigenvalue weighted by Crippen LogP contribution is -2.48. The van der Waals surface area contributed by atoms with Crippen molar-refractivity contribution in [2.75, 3.05) is 33.7 Å². The Bertz CT molecular complexity index is 1380. The van der Waals surface area contributed by atoms with E-state index >= 15 is 0 Å². The summed E-state index contributed by atoms with van der Waals surface area (Å²) < 4.78 is 0. The maximum absolute atomic E-state index is 13.6. The Morgan fingerprint density at radius 1 is 1.07 bits per heavy atom. The minimum Gasteiger partial charge on any atom is -0.465 e. The lowest BCUT2D eigenvalue weighted by atomic mass is 9.72. The number of nitrogens with one attached hydrogen (secondary N) is 1. The Morgan fingerprint density at radius 3 is 2.50 bits per heavy atom. The average molecular weight is 592 g/mol. The van der Waals surface area contributed by atoms with Gasteiger partial charge in [-0.1, -0.05) is 67.1 Å². The number of benzene rings is 3. The predicted molar refractivity (Wildman–Crippen MR) is 168 cm³/mol. The Labute approximate surface area is 254 Å². The topological polar surface area (TPSA) is 93.1 Å². The van der Waals surface area contributed by atoms with Crippen LogP contribution in [-0.2, 0) is 18.6 Å². The number of likely N-dealkylation sites (tertiary alicyclic amines) is 1. The highest BCUT2D eigenvalue weighted by atomic mass is 35.5. The van der Waals surface area contributed by atoms with Gasteiger partial charge in [0.1, 0.15) is 0 Å². The lowest BCUT2D eigenvalue weighted by molar-refractivity contribution is -0.0563. The van der Waals surface area contributed by atoms with E-state index in [1.807, 2.05) is 73.6 Å². The van der Waals surface area contributed by atoms with Crippen LogP contribution in [0.4, 0.5) is 4.79 Å². The van der Waals surface area contributed by atoms with Crippen LogP contribution in [0.5, 0.6) is 0 Å². The molecule has 0 aliphatic carbocycles. The van der Waals surface area contributed by atoms with Gasteiger partial charge < -0.3 is 25.3 Å². The molecule has 0 saturated carbocycles. The standard InChI is InChI=1S/C34H42ClN3O4/c1-4-24-9-5-10-27(21-24)31-29(12-6-13-30(31)35)34(42,18-8-19-36-33(40)41)28-11-7-20-38(23-28)32(39)26-16-14-25(15-17-26)22-37(2)3/h5-6,9-10,12-17,21,28,36,42H,4,7-8,11,18-20,22-23H2,1-3H3,(H,40,41). The summed E-state index contributed by atoms with van der Waals surface area (Å²) in [6.07, 6.45) is 2.02. The van der Waals surface area contributed by atoms with Gasteiger partial charge in [-0.3, -0.25) is 4.79 Å². The number of aliphatic hydroxyl groups is 1. The maximum Gasteiger partial charge on any atom is 0.404 e. The van der Waals surface area contributed by atoms with Gasteiger partial charge in [-0.05, 0) is 86.7 Å². The molecule has 7 nitrogen and oxygen atoms in total. The van der Waals surface area contributed by atoms with Crippen LogP contribution in [-0.4, -0.2) is 65.7 Å². The molecule has 0 radical (unpaired) electrons. The summed E-state index contributed by atoms with van der Waals surface area (Å²) in [4.78, 5) is 28.7. The van der Waals surface area contributed by atoms with Gasteiger partial charge in [0.2, 0.25) is 0 Å². The average Bonchev–Trinajstić information content (AvgIpc) is 2.99. The van der Waals surface area contributed by atoms with Crippen LogP contribution in [0.3, 0.4) is 0 Å². The third-order valence-electron chi connectivity index (χ3n) is 8.20. The molecule has 8 heteroatoms. The minimum absolute atomic E-state index is 0.0482. The number of amides is 2. The molecule has 224 valence electrons. The van der Waals surface area contributed by atoms with E-state index in [2.05, 4.69) is 29.3 Å². The van der Waals surface area contributed by atoms with E-state index in [9.17, 15) is 14.7 Å². The molecule has 3 aromatic carbocycles. The van der Waals surface area contributed by atoms with Gasteiger partial charge in [-0.25, -0.2) is 4.79 Å². The molecule has 1 saturated heterocycles. The summed E-state index contributed by atoms with van der Waals surface area (Å²) in [5, 5.41) is 24.8. The van der Waals surface area contributed by atoms with E-state index in [0.717, 1.165) is 42.5 Å². The quantitative estimate of drug-likeness (QED) is 0.224. The summed E-state index contributed by atoms with van der Waals surface area (Å²) in [6, 6.07) is 21.5. The number of hydrogen-bond donors (Lipinski definition) is 3. The molecular formula is C34H42ClN3O4. The van der Waals surface area contributed by atoms with Crippen LogP contribution < -0.4 is 5.32 Å². The van der Waals surface area contributed by atoms with Gasteiger partial charge in [0.15, 0.2) is 0 Å². The molecule has 2 amide bonds. The maximum atomic E-state index is 13.6. The number of carbonyl (C=O) groups excluding carboxylic acids is 1. The van der Waals surface area contributed by atoms with Gasteiger partial charge in [-0.15, -0.1) is 0 Å². The molecule has 0 bridgehead atoms. The first kappa shape index (κ1) is 31.5. The summed E-state index contributed by atoms with van der Waals surface area (Å²) >= 11 is 6.84. The second-order valence-electron chi connectivity index (χ2n) is 11.5. The summed E-state index contributed by atoms with van der Waals surface area (Å²) in [5.74, 6) is -0.312. The van der Waals surface area contributed by atoms with Crippen molar-refractivity contribution in [1.29, 1.82) is 0 Å². The van der Waals surface area contributed by atoms with Crippen molar-refractivity contribution < 1.29 is 19.8 Å². The molecule has 1 fully saturated rings. The zero-order chi connectivity index (χ0) is 30.3. The molecule has 3 aromatic rings. The highest BCUT2D eigenvalue weighted by Crippen LogP contribution is 2.45.